The molecular weight excluding hydrogens is 240 g/mol. The maximum absolute atomic E-state index is 12.1. The molecule has 102 valence electrons. The Morgan fingerprint density at radius 3 is 3.00 bits per heavy atom. The number of nitrogens with one attached hydrogen (secondary N) is 1. The first kappa shape index (κ1) is 12.4. The highest BCUT2D eigenvalue weighted by Gasteiger charge is 2.13. The van der Waals surface area contributed by atoms with Gasteiger partial charge >= 0.3 is 0 Å². The lowest BCUT2D eigenvalue weighted by atomic mass is 10.1. The predicted octanol–water partition coefficient (Wildman–Crippen LogP) is 1.28. The van der Waals surface area contributed by atoms with E-state index < -0.39 is 0 Å². The summed E-state index contributed by atoms with van der Waals surface area (Å²) < 4.78 is 3.36. The van der Waals surface area contributed by atoms with Crippen LogP contribution in [0, 0.1) is 5.92 Å². The van der Waals surface area contributed by atoms with Crippen LogP contribution >= 0.6 is 0 Å². The van der Waals surface area contributed by atoms with Gasteiger partial charge in [0.15, 0.2) is 0 Å². The number of hydrogen-bond acceptors (Lipinski definition) is 3. The largest absolute Gasteiger partial charge is 0.315 e. The normalized spacial score (nSPS) is 16.4. The third-order valence-electron chi connectivity index (χ3n) is 3.98. The molecule has 0 amide bonds. The zero-order valence-electron chi connectivity index (χ0n) is 11.1. The fraction of sp³-hybridized carbons (Fsp3) is 0.571. The molecule has 1 aliphatic carbocycles. The zero-order valence-corrected chi connectivity index (χ0v) is 11.1. The molecule has 1 N–H and O–H groups in total. The molecule has 5 heteroatoms. The Morgan fingerprint density at radius 1 is 1.32 bits per heavy atom. The molecule has 0 bridgehead atoms. The van der Waals surface area contributed by atoms with E-state index >= 15 is 0 Å². The Labute approximate surface area is 112 Å². The van der Waals surface area contributed by atoms with Gasteiger partial charge in [0.1, 0.15) is 5.52 Å². The van der Waals surface area contributed by atoms with Crippen molar-refractivity contribution in [3.05, 3.63) is 35.0 Å². The number of aromatic nitrogens is 3. The molecule has 0 aromatic carbocycles. The second-order valence-corrected chi connectivity index (χ2v) is 5.31. The first-order valence-electron chi connectivity index (χ1n) is 7.08. The fourth-order valence-corrected chi connectivity index (χ4v) is 2.86. The lowest BCUT2D eigenvalue weighted by Gasteiger charge is -2.11. The molecule has 0 radical (unpaired) electrons. The van der Waals surface area contributed by atoms with E-state index in [9.17, 15) is 4.79 Å². The van der Waals surface area contributed by atoms with Crippen LogP contribution in [0.3, 0.4) is 0 Å². The summed E-state index contributed by atoms with van der Waals surface area (Å²) in [5, 5.41) is 7.52. The van der Waals surface area contributed by atoms with Gasteiger partial charge in [-0.05, 0) is 31.4 Å². The highest BCUT2D eigenvalue weighted by molar-refractivity contribution is 5.42. The maximum atomic E-state index is 12.1. The number of hydrogen-bond donors (Lipinski definition) is 1. The van der Waals surface area contributed by atoms with Gasteiger partial charge in [-0.3, -0.25) is 4.79 Å². The number of rotatable bonds is 5. The lowest BCUT2D eigenvalue weighted by Crippen LogP contribution is -2.29. The minimum absolute atomic E-state index is 0.0302. The van der Waals surface area contributed by atoms with Gasteiger partial charge in [0.2, 0.25) is 0 Å². The third-order valence-corrected chi connectivity index (χ3v) is 3.98. The van der Waals surface area contributed by atoms with Crippen LogP contribution in [0.2, 0.25) is 0 Å². The van der Waals surface area contributed by atoms with Crippen molar-refractivity contribution in [2.75, 3.05) is 13.1 Å². The van der Waals surface area contributed by atoms with Crippen LogP contribution in [0.1, 0.15) is 25.7 Å². The summed E-state index contributed by atoms with van der Waals surface area (Å²) in [7, 11) is 0. The molecule has 1 fully saturated rings. The summed E-state index contributed by atoms with van der Waals surface area (Å²) in [6.45, 7) is 2.65. The van der Waals surface area contributed by atoms with Crippen molar-refractivity contribution >= 4 is 5.52 Å². The van der Waals surface area contributed by atoms with Crippen molar-refractivity contribution < 1.29 is 0 Å². The summed E-state index contributed by atoms with van der Waals surface area (Å²) in [6.07, 6.45) is 10.8. The van der Waals surface area contributed by atoms with Gasteiger partial charge in [0.25, 0.3) is 5.56 Å². The molecule has 19 heavy (non-hydrogen) atoms. The standard InChI is InChI=1S/C14H20N4O/c19-14-13-5-6-16-18(13)10-9-17(14)8-7-15-11-12-3-1-2-4-12/h5-6,9-10,12,15H,1-4,7-8,11H2. The molecule has 2 heterocycles. The topological polar surface area (TPSA) is 51.3 Å². The van der Waals surface area contributed by atoms with E-state index in [1.807, 2.05) is 6.20 Å². The van der Waals surface area contributed by atoms with Gasteiger partial charge in [-0.15, -0.1) is 0 Å². The van der Waals surface area contributed by atoms with Crippen molar-refractivity contribution in [1.29, 1.82) is 0 Å². The van der Waals surface area contributed by atoms with Crippen molar-refractivity contribution in [2.45, 2.75) is 32.2 Å². The number of nitrogens with zero attached hydrogens (tertiary/aromatic N) is 3. The molecule has 0 unspecified atom stereocenters. The van der Waals surface area contributed by atoms with Crippen LogP contribution in [-0.4, -0.2) is 27.3 Å². The summed E-state index contributed by atoms with van der Waals surface area (Å²) in [5.74, 6) is 0.842. The van der Waals surface area contributed by atoms with Gasteiger partial charge in [-0.25, -0.2) is 4.52 Å². The SMILES string of the molecule is O=c1c2ccnn2ccn1CCNCC1CCCC1. The highest BCUT2D eigenvalue weighted by atomic mass is 16.1. The van der Waals surface area contributed by atoms with E-state index in [-0.39, 0.29) is 5.56 Å². The van der Waals surface area contributed by atoms with Crippen molar-refractivity contribution in [1.82, 2.24) is 19.5 Å². The van der Waals surface area contributed by atoms with Crippen molar-refractivity contribution in [2.24, 2.45) is 5.92 Å². The van der Waals surface area contributed by atoms with Crippen LogP contribution in [0.25, 0.3) is 5.52 Å². The smallest absolute Gasteiger partial charge is 0.276 e. The van der Waals surface area contributed by atoms with E-state index in [0.717, 1.165) is 19.0 Å². The minimum atomic E-state index is 0.0302. The predicted molar refractivity (Wildman–Crippen MR) is 74.3 cm³/mol. The highest BCUT2D eigenvalue weighted by Crippen LogP contribution is 2.23. The lowest BCUT2D eigenvalue weighted by molar-refractivity contribution is 0.474. The average Bonchev–Trinajstić information content (AvgIpc) is 3.08. The Kier molecular flexibility index (Phi) is 3.64. The van der Waals surface area contributed by atoms with Crippen molar-refractivity contribution in [3.63, 3.8) is 0 Å². The quantitative estimate of drug-likeness (QED) is 0.824. The first-order chi connectivity index (χ1) is 9.34. The summed E-state index contributed by atoms with van der Waals surface area (Å²) in [4.78, 5) is 12.1. The van der Waals surface area contributed by atoms with Gasteiger partial charge in [-0.1, -0.05) is 12.8 Å². The molecule has 2 aromatic heterocycles. The van der Waals surface area contributed by atoms with Crippen LogP contribution < -0.4 is 10.9 Å². The first-order valence-corrected chi connectivity index (χ1v) is 7.08. The van der Waals surface area contributed by atoms with Gasteiger partial charge in [0.05, 0.1) is 6.20 Å². The van der Waals surface area contributed by atoms with Gasteiger partial charge in [-0.2, -0.15) is 5.10 Å². The Balaban J connectivity index is 1.56. The molecule has 0 atom stereocenters. The Bertz CT molecular complexity index is 595. The Hall–Kier alpha value is -1.62. The minimum Gasteiger partial charge on any atom is -0.315 e. The molecule has 3 rings (SSSR count). The Morgan fingerprint density at radius 2 is 2.16 bits per heavy atom. The summed E-state index contributed by atoms with van der Waals surface area (Å²) >= 11 is 0. The molecule has 2 aromatic rings. The van der Waals surface area contributed by atoms with Crippen LogP contribution in [-0.2, 0) is 6.54 Å². The average molecular weight is 260 g/mol. The van der Waals surface area contributed by atoms with Gasteiger partial charge < -0.3 is 9.88 Å². The van der Waals surface area contributed by atoms with E-state index in [0.29, 0.717) is 12.1 Å². The van der Waals surface area contributed by atoms with E-state index in [2.05, 4.69) is 10.4 Å². The van der Waals surface area contributed by atoms with Crippen LogP contribution in [0.15, 0.2) is 29.5 Å². The van der Waals surface area contributed by atoms with E-state index in [1.54, 1.807) is 27.5 Å². The van der Waals surface area contributed by atoms with Gasteiger partial charge in [0, 0.05) is 25.5 Å². The summed E-state index contributed by atoms with van der Waals surface area (Å²) in [5.41, 5.74) is 0.668. The summed E-state index contributed by atoms with van der Waals surface area (Å²) in [6, 6.07) is 1.75. The zero-order chi connectivity index (χ0) is 13.1. The third kappa shape index (κ3) is 2.71. The molecule has 0 saturated heterocycles. The monoisotopic (exact) mass is 260 g/mol. The second-order valence-electron chi connectivity index (χ2n) is 5.31. The number of fused-ring (bicyclic) bond motifs is 1. The fourth-order valence-electron chi connectivity index (χ4n) is 2.86. The molecule has 1 saturated carbocycles. The van der Waals surface area contributed by atoms with Crippen molar-refractivity contribution in [3.8, 4) is 0 Å². The van der Waals surface area contributed by atoms with E-state index in [1.165, 1.54) is 25.7 Å². The molecule has 0 aliphatic heterocycles. The second kappa shape index (κ2) is 5.57. The molecule has 0 spiro atoms. The molecular formula is C14H20N4O. The van der Waals surface area contributed by atoms with Crippen LogP contribution in [0.5, 0.6) is 0 Å². The maximum Gasteiger partial charge on any atom is 0.276 e. The molecule has 5 nitrogen and oxygen atoms in total. The molecule has 1 aliphatic rings. The van der Waals surface area contributed by atoms with E-state index in [4.69, 9.17) is 0 Å². The van der Waals surface area contributed by atoms with Crippen LogP contribution in [0.4, 0.5) is 0 Å².